The molecule has 4 heteroatoms. The summed E-state index contributed by atoms with van der Waals surface area (Å²) in [6, 6.07) is 0.344. The molecule has 3 rings (SSSR count). The molecule has 0 bridgehead atoms. The third-order valence-electron chi connectivity index (χ3n) is 4.97. The van der Waals surface area contributed by atoms with Crippen LogP contribution in [0.15, 0.2) is 6.20 Å². The third kappa shape index (κ3) is 2.91. The van der Waals surface area contributed by atoms with Gasteiger partial charge in [-0.3, -0.25) is 0 Å². The van der Waals surface area contributed by atoms with Crippen LogP contribution < -0.4 is 10.6 Å². The van der Waals surface area contributed by atoms with Crippen molar-refractivity contribution in [3.63, 3.8) is 0 Å². The van der Waals surface area contributed by atoms with Gasteiger partial charge in [0.05, 0.1) is 5.69 Å². The molecule has 21 heavy (non-hydrogen) atoms. The summed E-state index contributed by atoms with van der Waals surface area (Å²) < 4.78 is 0. The Kier molecular flexibility index (Phi) is 3.47. The molecule has 2 aliphatic rings. The Hall–Kier alpha value is -1.16. The maximum absolute atomic E-state index is 5.99. The fraction of sp³-hybridized carbons (Fsp3) is 0.765. The highest BCUT2D eigenvalue weighted by Crippen LogP contribution is 2.44. The first-order valence-corrected chi connectivity index (χ1v) is 8.14. The van der Waals surface area contributed by atoms with E-state index >= 15 is 0 Å². The van der Waals surface area contributed by atoms with Crippen LogP contribution in [0.5, 0.6) is 0 Å². The topological polar surface area (TPSA) is 55.0 Å². The average molecular weight is 288 g/mol. The Bertz CT molecular complexity index is 528. The molecule has 0 aromatic carbocycles. The molecule has 4 nitrogen and oxygen atoms in total. The Morgan fingerprint density at radius 3 is 2.52 bits per heavy atom. The standard InChI is InChI=1S/C17H28N4/c1-16(2)9-14-13(17(3,4)11-16)10-19-15(20-14)21-7-5-12(18)6-8-21/h10,12H,5-9,11,18H2,1-4H3. The molecule has 0 radical (unpaired) electrons. The van der Waals surface area contributed by atoms with Gasteiger partial charge in [0.15, 0.2) is 0 Å². The highest BCUT2D eigenvalue weighted by molar-refractivity contribution is 5.38. The highest BCUT2D eigenvalue weighted by atomic mass is 15.3. The van der Waals surface area contributed by atoms with E-state index in [2.05, 4.69) is 43.8 Å². The van der Waals surface area contributed by atoms with E-state index in [-0.39, 0.29) is 5.41 Å². The maximum atomic E-state index is 5.99. The van der Waals surface area contributed by atoms with Crippen LogP contribution in [0.4, 0.5) is 5.95 Å². The van der Waals surface area contributed by atoms with E-state index < -0.39 is 0 Å². The lowest BCUT2D eigenvalue weighted by Crippen LogP contribution is -2.41. The number of aromatic nitrogens is 2. The first kappa shape index (κ1) is 14.8. The Morgan fingerprint density at radius 2 is 1.86 bits per heavy atom. The lowest BCUT2D eigenvalue weighted by Gasteiger charge is -2.41. The Morgan fingerprint density at radius 1 is 1.19 bits per heavy atom. The maximum Gasteiger partial charge on any atom is 0.225 e. The molecule has 1 aromatic rings. The largest absolute Gasteiger partial charge is 0.341 e. The van der Waals surface area contributed by atoms with Crippen molar-refractivity contribution in [3.05, 3.63) is 17.5 Å². The summed E-state index contributed by atoms with van der Waals surface area (Å²) in [6.45, 7) is 11.3. The molecule has 1 fully saturated rings. The van der Waals surface area contributed by atoms with Crippen molar-refractivity contribution in [1.82, 2.24) is 9.97 Å². The van der Waals surface area contributed by atoms with E-state index in [0.29, 0.717) is 11.5 Å². The third-order valence-corrected chi connectivity index (χ3v) is 4.97. The SMILES string of the molecule is CC1(C)Cc2nc(N3CCC(N)CC3)ncc2C(C)(C)C1. The number of hydrogen-bond acceptors (Lipinski definition) is 4. The second-order valence-electron chi connectivity index (χ2n) is 8.26. The minimum atomic E-state index is 0.167. The molecule has 0 unspecified atom stereocenters. The first-order valence-electron chi connectivity index (χ1n) is 8.14. The molecule has 2 N–H and O–H groups in total. The second-order valence-corrected chi connectivity index (χ2v) is 8.26. The van der Waals surface area contributed by atoms with Gasteiger partial charge in [-0.15, -0.1) is 0 Å². The van der Waals surface area contributed by atoms with E-state index in [1.165, 1.54) is 17.7 Å². The van der Waals surface area contributed by atoms with E-state index in [0.717, 1.165) is 38.3 Å². The minimum Gasteiger partial charge on any atom is -0.341 e. The van der Waals surface area contributed by atoms with E-state index in [9.17, 15) is 0 Å². The zero-order valence-electron chi connectivity index (χ0n) is 13.8. The van der Waals surface area contributed by atoms with Gasteiger partial charge in [0, 0.05) is 25.3 Å². The molecule has 0 spiro atoms. The van der Waals surface area contributed by atoms with Gasteiger partial charge in [-0.1, -0.05) is 27.7 Å². The van der Waals surface area contributed by atoms with Crippen molar-refractivity contribution in [2.75, 3.05) is 18.0 Å². The minimum absolute atomic E-state index is 0.167. The van der Waals surface area contributed by atoms with Gasteiger partial charge in [-0.05, 0) is 42.1 Å². The molecule has 1 saturated heterocycles. The number of piperidine rings is 1. The number of rotatable bonds is 1. The average Bonchev–Trinajstić information content (AvgIpc) is 2.36. The monoisotopic (exact) mass is 288 g/mol. The molecule has 0 atom stereocenters. The number of fused-ring (bicyclic) bond motifs is 1. The normalized spacial score (nSPS) is 24.7. The summed E-state index contributed by atoms with van der Waals surface area (Å²) in [7, 11) is 0. The van der Waals surface area contributed by atoms with Crippen LogP contribution in [0.2, 0.25) is 0 Å². The first-order chi connectivity index (χ1) is 9.77. The summed E-state index contributed by atoms with van der Waals surface area (Å²) >= 11 is 0. The predicted molar refractivity (Wildman–Crippen MR) is 86.6 cm³/mol. The zero-order valence-corrected chi connectivity index (χ0v) is 13.8. The fourth-order valence-electron chi connectivity index (χ4n) is 4.17. The molecule has 1 aliphatic carbocycles. The van der Waals surface area contributed by atoms with E-state index in [1.54, 1.807) is 0 Å². The summed E-state index contributed by atoms with van der Waals surface area (Å²) in [5.74, 6) is 0.897. The number of nitrogens with zero attached hydrogens (tertiary/aromatic N) is 3. The number of hydrogen-bond donors (Lipinski definition) is 1. The van der Waals surface area contributed by atoms with Crippen LogP contribution in [-0.2, 0) is 11.8 Å². The van der Waals surface area contributed by atoms with Crippen LogP contribution in [0.1, 0.15) is 58.2 Å². The predicted octanol–water partition coefficient (Wildman–Crippen LogP) is 2.65. The second kappa shape index (κ2) is 4.94. The van der Waals surface area contributed by atoms with Crippen molar-refractivity contribution < 1.29 is 0 Å². The number of nitrogens with two attached hydrogens (primary N) is 1. The molecule has 116 valence electrons. The van der Waals surface area contributed by atoms with E-state index in [4.69, 9.17) is 10.7 Å². The molecule has 1 aromatic heterocycles. The van der Waals surface area contributed by atoms with Crippen molar-refractivity contribution >= 4 is 5.95 Å². The van der Waals surface area contributed by atoms with Gasteiger partial charge >= 0.3 is 0 Å². The van der Waals surface area contributed by atoms with Crippen molar-refractivity contribution in [2.45, 2.75) is 64.8 Å². The summed E-state index contributed by atoms with van der Waals surface area (Å²) in [5.41, 5.74) is 9.05. The summed E-state index contributed by atoms with van der Waals surface area (Å²) in [5, 5.41) is 0. The van der Waals surface area contributed by atoms with Gasteiger partial charge < -0.3 is 10.6 Å². The van der Waals surface area contributed by atoms with Crippen molar-refractivity contribution in [3.8, 4) is 0 Å². The van der Waals surface area contributed by atoms with Crippen LogP contribution >= 0.6 is 0 Å². The van der Waals surface area contributed by atoms with Crippen molar-refractivity contribution in [2.24, 2.45) is 11.1 Å². The van der Waals surface area contributed by atoms with Crippen LogP contribution in [0.25, 0.3) is 0 Å². The smallest absolute Gasteiger partial charge is 0.225 e. The molecule has 1 aliphatic heterocycles. The molecular formula is C17H28N4. The lowest BCUT2D eigenvalue weighted by atomic mass is 9.64. The van der Waals surface area contributed by atoms with Crippen LogP contribution in [0.3, 0.4) is 0 Å². The number of anilines is 1. The van der Waals surface area contributed by atoms with Gasteiger partial charge in [0.2, 0.25) is 5.95 Å². The quantitative estimate of drug-likeness (QED) is 0.863. The lowest BCUT2D eigenvalue weighted by molar-refractivity contribution is 0.227. The van der Waals surface area contributed by atoms with E-state index in [1.807, 2.05) is 0 Å². The zero-order chi connectivity index (χ0) is 15.3. The summed E-state index contributed by atoms with van der Waals surface area (Å²) in [6.07, 6.45) is 6.39. The van der Waals surface area contributed by atoms with Crippen LogP contribution in [0, 0.1) is 5.41 Å². The summed E-state index contributed by atoms with van der Waals surface area (Å²) in [4.78, 5) is 11.9. The Labute approximate surface area is 128 Å². The van der Waals surface area contributed by atoms with Gasteiger partial charge in [0.1, 0.15) is 0 Å². The van der Waals surface area contributed by atoms with Gasteiger partial charge in [-0.25, -0.2) is 9.97 Å². The Balaban J connectivity index is 1.91. The van der Waals surface area contributed by atoms with Gasteiger partial charge in [0.25, 0.3) is 0 Å². The molecular weight excluding hydrogens is 260 g/mol. The highest BCUT2D eigenvalue weighted by Gasteiger charge is 2.38. The molecule has 0 saturated carbocycles. The fourth-order valence-corrected chi connectivity index (χ4v) is 4.17. The molecule has 2 heterocycles. The molecule has 0 amide bonds. The van der Waals surface area contributed by atoms with Crippen molar-refractivity contribution in [1.29, 1.82) is 0 Å². The van der Waals surface area contributed by atoms with Crippen LogP contribution in [-0.4, -0.2) is 29.1 Å². The van der Waals surface area contributed by atoms with Gasteiger partial charge in [-0.2, -0.15) is 0 Å².